The maximum atomic E-state index is 11.9. The fraction of sp³-hybridized carbons (Fsp3) is 0.538. The number of halogens is 1. The van der Waals surface area contributed by atoms with Crippen molar-refractivity contribution in [3.05, 3.63) is 20.8 Å². The fourth-order valence-corrected chi connectivity index (χ4v) is 3.11. The standard InChI is InChI=1S/C13H18BrNO3S/c1-9(10-6-7-11(14)19-10)13(18)15-8-4-2-3-5-12(16)17/h6-7,9H,2-5,8H2,1H3,(H,15,18)(H,16,17). The van der Waals surface area contributed by atoms with Crippen LogP contribution in [0.2, 0.25) is 0 Å². The van der Waals surface area contributed by atoms with Gasteiger partial charge in [-0.15, -0.1) is 11.3 Å². The molecule has 0 bridgehead atoms. The molecule has 0 fully saturated rings. The van der Waals surface area contributed by atoms with Gasteiger partial charge in [0.25, 0.3) is 0 Å². The van der Waals surface area contributed by atoms with Crippen molar-refractivity contribution in [2.45, 2.75) is 38.5 Å². The van der Waals surface area contributed by atoms with Crippen LogP contribution in [0.3, 0.4) is 0 Å². The second-order valence-corrected chi connectivity index (χ2v) is 6.85. The first kappa shape index (κ1) is 16.2. The molecule has 106 valence electrons. The molecule has 1 amide bonds. The highest BCUT2D eigenvalue weighted by molar-refractivity contribution is 9.11. The lowest BCUT2D eigenvalue weighted by Crippen LogP contribution is -2.28. The molecule has 0 spiro atoms. The summed E-state index contributed by atoms with van der Waals surface area (Å²) in [4.78, 5) is 23.2. The molecule has 1 heterocycles. The van der Waals surface area contributed by atoms with Crippen LogP contribution >= 0.6 is 27.3 Å². The number of carbonyl (C=O) groups excluding carboxylic acids is 1. The minimum Gasteiger partial charge on any atom is -0.481 e. The monoisotopic (exact) mass is 347 g/mol. The van der Waals surface area contributed by atoms with E-state index in [-0.39, 0.29) is 18.2 Å². The molecular weight excluding hydrogens is 330 g/mol. The number of hydrogen-bond donors (Lipinski definition) is 2. The van der Waals surface area contributed by atoms with Crippen LogP contribution in [0.25, 0.3) is 0 Å². The van der Waals surface area contributed by atoms with Gasteiger partial charge < -0.3 is 10.4 Å². The van der Waals surface area contributed by atoms with Crippen LogP contribution in [-0.4, -0.2) is 23.5 Å². The van der Waals surface area contributed by atoms with E-state index in [1.807, 2.05) is 19.1 Å². The van der Waals surface area contributed by atoms with Crippen molar-refractivity contribution in [1.82, 2.24) is 5.32 Å². The van der Waals surface area contributed by atoms with E-state index in [9.17, 15) is 9.59 Å². The molecule has 0 aromatic carbocycles. The molecule has 0 aliphatic heterocycles. The van der Waals surface area contributed by atoms with Crippen LogP contribution in [0.15, 0.2) is 15.9 Å². The highest BCUT2D eigenvalue weighted by Gasteiger charge is 2.16. The van der Waals surface area contributed by atoms with E-state index in [2.05, 4.69) is 21.2 Å². The molecule has 0 aliphatic rings. The molecule has 0 radical (unpaired) electrons. The predicted molar refractivity (Wildman–Crippen MR) is 79.5 cm³/mol. The summed E-state index contributed by atoms with van der Waals surface area (Å²) in [5.41, 5.74) is 0. The Bertz CT molecular complexity index is 433. The van der Waals surface area contributed by atoms with Gasteiger partial charge in [-0.1, -0.05) is 6.42 Å². The summed E-state index contributed by atoms with van der Waals surface area (Å²) in [6, 6.07) is 3.89. The Morgan fingerprint density at radius 3 is 2.68 bits per heavy atom. The number of hydrogen-bond acceptors (Lipinski definition) is 3. The highest BCUT2D eigenvalue weighted by atomic mass is 79.9. The molecule has 1 aromatic heterocycles. The van der Waals surface area contributed by atoms with Gasteiger partial charge in [0.2, 0.25) is 5.91 Å². The lowest BCUT2D eigenvalue weighted by atomic mass is 10.1. The molecule has 4 nitrogen and oxygen atoms in total. The SMILES string of the molecule is CC(C(=O)NCCCCCC(=O)O)c1ccc(Br)s1. The topological polar surface area (TPSA) is 66.4 Å². The molecule has 1 rings (SSSR count). The fourth-order valence-electron chi connectivity index (χ4n) is 1.63. The molecule has 0 saturated carbocycles. The van der Waals surface area contributed by atoms with Gasteiger partial charge in [-0.05, 0) is 47.8 Å². The maximum absolute atomic E-state index is 11.9. The van der Waals surface area contributed by atoms with Crippen LogP contribution in [-0.2, 0) is 9.59 Å². The Hall–Kier alpha value is -0.880. The average molecular weight is 348 g/mol. The number of carbonyl (C=O) groups is 2. The molecule has 0 aliphatic carbocycles. The quantitative estimate of drug-likeness (QED) is 0.708. The lowest BCUT2D eigenvalue weighted by molar-refractivity contribution is -0.137. The summed E-state index contributed by atoms with van der Waals surface area (Å²) in [7, 11) is 0. The van der Waals surface area contributed by atoms with Gasteiger partial charge in [0.15, 0.2) is 0 Å². The third kappa shape index (κ3) is 6.20. The van der Waals surface area contributed by atoms with Crippen molar-refractivity contribution < 1.29 is 14.7 Å². The summed E-state index contributed by atoms with van der Waals surface area (Å²) in [5.74, 6) is -0.885. The van der Waals surface area contributed by atoms with E-state index < -0.39 is 5.97 Å². The second-order valence-electron chi connectivity index (χ2n) is 4.36. The molecule has 2 N–H and O–H groups in total. The minimum atomic E-state index is -0.763. The smallest absolute Gasteiger partial charge is 0.303 e. The maximum Gasteiger partial charge on any atom is 0.303 e. The van der Waals surface area contributed by atoms with Crippen LogP contribution < -0.4 is 5.32 Å². The zero-order valence-electron chi connectivity index (χ0n) is 10.8. The van der Waals surface area contributed by atoms with Crippen LogP contribution in [0.5, 0.6) is 0 Å². The van der Waals surface area contributed by atoms with E-state index in [1.54, 1.807) is 11.3 Å². The van der Waals surface area contributed by atoms with Crippen molar-refractivity contribution in [2.75, 3.05) is 6.54 Å². The van der Waals surface area contributed by atoms with Crippen molar-refractivity contribution in [1.29, 1.82) is 0 Å². The second kappa shape index (κ2) is 8.32. The Morgan fingerprint density at radius 2 is 2.11 bits per heavy atom. The van der Waals surface area contributed by atoms with Gasteiger partial charge in [0, 0.05) is 17.8 Å². The zero-order valence-corrected chi connectivity index (χ0v) is 13.2. The molecule has 19 heavy (non-hydrogen) atoms. The van der Waals surface area contributed by atoms with Gasteiger partial charge in [-0.3, -0.25) is 9.59 Å². The number of carboxylic acids is 1. The van der Waals surface area contributed by atoms with E-state index in [0.717, 1.165) is 21.5 Å². The third-order valence-corrected chi connectivity index (χ3v) is 4.59. The first-order chi connectivity index (χ1) is 9.00. The van der Waals surface area contributed by atoms with E-state index in [4.69, 9.17) is 5.11 Å². The van der Waals surface area contributed by atoms with E-state index >= 15 is 0 Å². The van der Waals surface area contributed by atoms with Crippen molar-refractivity contribution in [2.24, 2.45) is 0 Å². The lowest BCUT2D eigenvalue weighted by Gasteiger charge is -2.10. The largest absolute Gasteiger partial charge is 0.481 e. The zero-order chi connectivity index (χ0) is 14.3. The van der Waals surface area contributed by atoms with Crippen molar-refractivity contribution in [3.63, 3.8) is 0 Å². The third-order valence-electron chi connectivity index (χ3n) is 2.78. The summed E-state index contributed by atoms with van der Waals surface area (Å²) in [6.07, 6.45) is 2.51. The van der Waals surface area contributed by atoms with Gasteiger partial charge in [0.1, 0.15) is 0 Å². The normalized spacial score (nSPS) is 12.1. The first-order valence-corrected chi connectivity index (χ1v) is 7.86. The number of amides is 1. The Kier molecular flexibility index (Phi) is 7.09. The number of thiophene rings is 1. The molecule has 0 saturated heterocycles. The molecule has 6 heteroatoms. The Labute approximate surface area is 125 Å². The summed E-state index contributed by atoms with van der Waals surface area (Å²) in [5, 5.41) is 11.4. The first-order valence-electron chi connectivity index (χ1n) is 6.25. The summed E-state index contributed by atoms with van der Waals surface area (Å²) < 4.78 is 1.02. The number of rotatable bonds is 8. The molecule has 1 unspecified atom stereocenters. The number of carboxylic acid groups (broad SMARTS) is 1. The number of aliphatic carboxylic acids is 1. The van der Waals surface area contributed by atoms with Gasteiger partial charge in [0.05, 0.1) is 9.70 Å². The molecular formula is C13H18BrNO3S. The molecule has 1 aromatic rings. The Balaban J connectivity index is 2.19. The van der Waals surface area contributed by atoms with Crippen LogP contribution in [0, 0.1) is 0 Å². The van der Waals surface area contributed by atoms with E-state index in [1.165, 1.54) is 0 Å². The Morgan fingerprint density at radius 1 is 1.37 bits per heavy atom. The predicted octanol–water partition coefficient (Wildman–Crippen LogP) is 3.38. The number of nitrogens with one attached hydrogen (secondary N) is 1. The summed E-state index contributed by atoms with van der Waals surface area (Å²) in [6.45, 7) is 2.49. The molecule has 1 atom stereocenters. The van der Waals surface area contributed by atoms with E-state index in [0.29, 0.717) is 13.0 Å². The minimum absolute atomic E-state index is 0.0209. The highest BCUT2D eigenvalue weighted by Crippen LogP contribution is 2.28. The average Bonchev–Trinajstić information content (AvgIpc) is 2.78. The van der Waals surface area contributed by atoms with Crippen LogP contribution in [0.1, 0.15) is 43.4 Å². The van der Waals surface area contributed by atoms with Gasteiger partial charge in [-0.2, -0.15) is 0 Å². The number of unbranched alkanes of at least 4 members (excludes halogenated alkanes) is 2. The van der Waals surface area contributed by atoms with Gasteiger partial charge >= 0.3 is 5.97 Å². The summed E-state index contributed by atoms with van der Waals surface area (Å²) >= 11 is 4.95. The van der Waals surface area contributed by atoms with Crippen molar-refractivity contribution >= 4 is 39.1 Å². The van der Waals surface area contributed by atoms with Gasteiger partial charge in [-0.25, -0.2) is 0 Å². The van der Waals surface area contributed by atoms with Crippen LogP contribution in [0.4, 0.5) is 0 Å². The van der Waals surface area contributed by atoms with Crippen molar-refractivity contribution in [3.8, 4) is 0 Å².